The molecule has 0 aliphatic carbocycles. The molecule has 3 aliphatic rings. The first-order valence-electron chi connectivity index (χ1n) is 8.34. The van der Waals surface area contributed by atoms with E-state index in [0.29, 0.717) is 17.6 Å². The number of alkyl halides is 3. The molecule has 0 saturated carbocycles. The summed E-state index contributed by atoms with van der Waals surface area (Å²) >= 11 is 0. The van der Waals surface area contributed by atoms with Crippen molar-refractivity contribution in [1.29, 1.82) is 0 Å². The number of aliphatic imine (C=N–C) groups is 1. The number of amidine groups is 1. The van der Waals surface area contributed by atoms with E-state index >= 15 is 0 Å². The summed E-state index contributed by atoms with van der Waals surface area (Å²) in [5.74, 6) is -2.10. The second-order valence-electron chi connectivity index (χ2n) is 6.75. The van der Waals surface area contributed by atoms with E-state index in [1.807, 2.05) is 18.2 Å². The second kappa shape index (κ2) is 5.22. The maximum absolute atomic E-state index is 12.9. The summed E-state index contributed by atoms with van der Waals surface area (Å²) in [5.41, 5.74) is 13.8. The number of fused-ring (bicyclic) bond motifs is 5. The highest BCUT2D eigenvalue weighted by atomic mass is 19.4. The van der Waals surface area contributed by atoms with E-state index < -0.39 is 23.4 Å². The highest BCUT2D eigenvalue weighted by Crippen LogP contribution is 2.53. The van der Waals surface area contributed by atoms with Gasteiger partial charge in [0.15, 0.2) is 0 Å². The fourth-order valence-corrected chi connectivity index (χ4v) is 4.29. The van der Waals surface area contributed by atoms with Crippen LogP contribution in [0.5, 0.6) is 0 Å². The summed E-state index contributed by atoms with van der Waals surface area (Å²) in [6, 6.07) is 6.57. The van der Waals surface area contributed by atoms with Gasteiger partial charge in [0.1, 0.15) is 11.4 Å². The van der Waals surface area contributed by atoms with Crippen molar-refractivity contribution in [2.24, 2.45) is 16.5 Å². The third-order valence-corrected chi connectivity index (χ3v) is 5.44. The second-order valence-corrected chi connectivity index (χ2v) is 6.75. The minimum Gasteiger partial charge on any atom is -0.383 e. The molecule has 0 radical (unpaired) electrons. The Morgan fingerprint density at radius 1 is 1.28 bits per heavy atom. The van der Waals surface area contributed by atoms with Crippen LogP contribution >= 0.6 is 0 Å². The highest BCUT2D eigenvalue weighted by molar-refractivity contribution is 5.99. The summed E-state index contributed by atoms with van der Waals surface area (Å²) < 4.78 is 38.7. The number of nitrogens with one attached hydrogen (secondary N) is 1. The third kappa shape index (κ3) is 2.35. The van der Waals surface area contributed by atoms with Crippen molar-refractivity contribution in [2.75, 3.05) is 6.54 Å². The van der Waals surface area contributed by atoms with Crippen LogP contribution in [0.4, 0.5) is 13.2 Å². The van der Waals surface area contributed by atoms with Gasteiger partial charge in [0.05, 0.1) is 0 Å². The predicted molar refractivity (Wildman–Crippen MR) is 88.3 cm³/mol. The molecule has 1 fully saturated rings. The molecule has 3 heterocycles. The fraction of sp³-hybridized carbons (Fsp3) is 0.471. The van der Waals surface area contributed by atoms with Crippen molar-refractivity contribution in [3.63, 3.8) is 0 Å². The quantitative estimate of drug-likeness (QED) is 0.764. The molecule has 4 rings (SSSR count). The van der Waals surface area contributed by atoms with E-state index in [4.69, 9.17) is 11.5 Å². The first-order chi connectivity index (χ1) is 11.7. The standard InChI is InChI=1S/C17H20F3N5/c1-2-25-13-5-6-14(25)11-7-9(3-4-10(11)13)17(22)23-8-12(15(21)24-17)16(18,19)20/h3-4,7-8,13-14,23H,2,5-6,22H2,1H3,(H2,21,24). The Balaban J connectivity index is 1.69. The zero-order valence-corrected chi connectivity index (χ0v) is 13.8. The minimum atomic E-state index is -4.57. The van der Waals surface area contributed by atoms with Gasteiger partial charge in [0, 0.05) is 23.8 Å². The number of benzene rings is 1. The van der Waals surface area contributed by atoms with Crippen molar-refractivity contribution < 1.29 is 13.2 Å². The number of rotatable bonds is 2. The predicted octanol–water partition coefficient (Wildman–Crippen LogP) is 2.37. The number of nitrogens with zero attached hydrogens (tertiary/aromatic N) is 2. The van der Waals surface area contributed by atoms with Crippen LogP contribution < -0.4 is 16.8 Å². The van der Waals surface area contributed by atoms with Crippen molar-refractivity contribution >= 4 is 5.84 Å². The van der Waals surface area contributed by atoms with Crippen molar-refractivity contribution in [3.05, 3.63) is 46.7 Å². The van der Waals surface area contributed by atoms with Crippen LogP contribution in [0.3, 0.4) is 0 Å². The molecule has 3 atom stereocenters. The summed E-state index contributed by atoms with van der Waals surface area (Å²) in [6.45, 7) is 3.10. The minimum absolute atomic E-state index is 0.347. The molecule has 3 unspecified atom stereocenters. The molecule has 0 amide bonds. The van der Waals surface area contributed by atoms with Crippen LogP contribution in [-0.4, -0.2) is 23.5 Å². The highest BCUT2D eigenvalue weighted by Gasteiger charge is 2.45. The van der Waals surface area contributed by atoms with E-state index in [9.17, 15) is 13.2 Å². The molecule has 1 saturated heterocycles. The van der Waals surface area contributed by atoms with Gasteiger partial charge < -0.3 is 11.1 Å². The molecular formula is C17H20F3N5. The molecule has 25 heavy (non-hydrogen) atoms. The average molecular weight is 351 g/mol. The van der Waals surface area contributed by atoms with Gasteiger partial charge in [-0.1, -0.05) is 19.1 Å². The van der Waals surface area contributed by atoms with Gasteiger partial charge in [0.25, 0.3) is 0 Å². The Labute approximate surface area is 143 Å². The number of hydrogen-bond donors (Lipinski definition) is 3. The van der Waals surface area contributed by atoms with Crippen molar-refractivity contribution in [3.8, 4) is 0 Å². The lowest BCUT2D eigenvalue weighted by Gasteiger charge is -2.32. The molecule has 0 spiro atoms. The zero-order chi connectivity index (χ0) is 18.0. The molecule has 0 aromatic heterocycles. The first kappa shape index (κ1) is 16.4. The lowest BCUT2D eigenvalue weighted by molar-refractivity contribution is -0.0870. The van der Waals surface area contributed by atoms with E-state index in [2.05, 4.69) is 22.1 Å². The van der Waals surface area contributed by atoms with Crippen LogP contribution in [0.2, 0.25) is 0 Å². The lowest BCUT2D eigenvalue weighted by atomic mass is 9.89. The number of nitrogens with two attached hydrogens (primary N) is 2. The normalized spacial score (nSPS) is 31.4. The van der Waals surface area contributed by atoms with E-state index in [0.717, 1.165) is 25.6 Å². The third-order valence-electron chi connectivity index (χ3n) is 5.44. The van der Waals surface area contributed by atoms with Gasteiger partial charge in [-0.05, 0) is 36.6 Å². The molecule has 8 heteroatoms. The maximum Gasteiger partial charge on any atom is 0.421 e. The summed E-state index contributed by atoms with van der Waals surface area (Å²) in [4.78, 5) is 6.37. The largest absolute Gasteiger partial charge is 0.421 e. The SMILES string of the molecule is CCN1C2CCC1c1cc(C3(N)N=C(N)C(C(F)(F)F)=CN3)ccc12. The molecule has 5 nitrogen and oxygen atoms in total. The van der Waals surface area contributed by atoms with Gasteiger partial charge in [-0.15, -0.1) is 0 Å². The van der Waals surface area contributed by atoms with Crippen LogP contribution in [0.15, 0.2) is 35.0 Å². The average Bonchev–Trinajstić information content (AvgIpc) is 3.09. The Bertz CT molecular complexity index is 785. The van der Waals surface area contributed by atoms with Gasteiger partial charge in [0.2, 0.25) is 5.79 Å². The van der Waals surface area contributed by atoms with Gasteiger partial charge in [-0.25, -0.2) is 4.99 Å². The Hall–Kier alpha value is -2.06. The maximum atomic E-state index is 12.9. The van der Waals surface area contributed by atoms with Crippen LogP contribution in [-0.2, 0) is 5.79 Å². The van der Waals surface area contributed by atoms with Gasteiger partial charge in [-0.3, -0.25) is 10.6 Å². The lowest BCUT2D eigenvalue weighted by Crippen LogP contribution is -2.51. The molecule has 134 valence electrons. The first-order valence-corrected chi connectivity index (χ1v) is 8.34. The van der Waals surface area contributed by atoms with Crippen LogP contribution in [0.1, 0.15) is 48.5 Å². The smallest absolute Gasteiger partial charge is 0.383 e. The summed E-state index contributed by atoms with van der Waals surface area (Å²) in [5, 5.41) is 2.57. The van der Waals surface area contributed by atoms with Gasteiger partial charge >= 0.3 is 6.18 Å². The Morgan fingerprint density at radius 2 is 1.96 bits per heavy atom. The topological polar surface area (TPSA) is 79.7 Å². The molecule has 1 aromatic carbocycles. The van der Waals surface area contributed by atoms with Crippen molar-refractivity contribution in [2.45, 2.75) is 43.8 Å². The van der Waals surface area contributed by atoms with Crippen LogP contribution in [0, 0.1) is 0 Å². The van der Waals surface area contributed by atoms with Crippen LogP contribution in [0.25, 0.3) is 0 Å². The molecule has 1 aromatic rings. The Morgan fingerprint density at radius 3 is 2.56 bits per heavy atom. The monoisotopic (exact) mass is 351 g/mol. The van der Waals surface area contributed by atoms with E-state index in [1.54, 1.807) is 0 Å². The molecular weight excluding hydrogens is 331 g/mol. The molecule has 5 N–H and O–H groups in total. The van der Waals surface area contributed by atoms with E-state index in [-0.39, 0.29) is 0 Å². The fourth-order valence-electron chi connectivity index (χ4n) is 4.29. The molecule has 3 aliphatic heterocycles. The zero-order valence-electron chi connectivity index (χ0n) is 13.8. The van der Waals surface area contributed by atoms with E-state index in [1.165, 1.54) is 11.1 Å². The van der Waals surface area contributed by atoms with Gasteiger partial charge in [-0.2, -0.15) is 13.2 Å². The number of halogens is 3. The van der Waals surface area contributed by atoms with Crippen molar-refractivity contribution in [1.82, 2.24) is 10.2 Å². The summed E-state index contributed by atoms with van der Waals surface area (Å²) in [6.07, 6.45) is -1.54. The molecule has 2 bridgehead atoms. The Kier molecular flexibility index (Phi) is 3.42. The number of hydrogen-bond acceptors (Lipinski definition) is 5. The summed E-state index contributed by atoms with van der Waals surface area (Å²) in [7, 11) is 0.